The third-order valence-electron chi connectivity index (χ3n) is 3.79. The summed E-state index contributed by atoms with van der Waals surface area (Å²) in [5, 5.41) is 2.94. The first-order chi connectivity index (χ1) is 11.1. The Kier molecular flexibility index (Phi) is 6.21. The number of ether oxygens (including phenoxy) is 1. The molecule has 0 aliphatic carbocycles. The van der Waals surface area contributed by atoms with Gasteiger partial charge in [-0.1, -0.05) is 48.0 Å². The molecule has 0 aliphatic rings. The fourth-order valence-corrected chi connectivity index (χ4v) is 2.45. The topological polar surface area (TPSA) is 38.3 Å². The predicted octanol–water partition coefficient (Wildman–Crippen LogP) is 3.82. The van der Waals surface area contributed by atoms with E-state index < -0.39 is 6.10 Å². The Morgan fingerprint density at radius 2 is 1.91 bits per heavy atom. The van der Waals surface area contributed by atoms with E-state index >= 15 is 0 Å². The van der Waals surface area contributed by atoms with Crippen LogP contribution in [0.3, 0.4) is 0 Å². The molecule has 0 aromatic heterocycles. The monoisotopic (exact) mass is 311 g/mol. The highest BCUT2D eigenvalue weighted by atomic mass is 16.5. The van der Waals surface area contributed by atoms with E-state index in [0.717, 1.165) is 24.2 Å². The van der Waals surface area contributed by atoms with Crippen molar-refractivity contribution in [2.24, 2.45) is 0 Å². The molecule has 0 saturated heterocycles. The lowest BCUT2D eigenvalue weighted by molar-refractivity contribution is -0.127. The summed E-state index contributed by atoms with van der Waals surface area (Å²) >= 11 is 0. The molecular weight excluding hydrogens is 286 g/mol. The van der Waals surface area contributed by atoms with Crippen molar-refractivity contribution in [1.82, 2.24) is 5.32 Å². The lowest BCUT2D eigenvalue weighted by Gasteiger charge is -2.16. The number of hydrogen-bond donors (Lipinski definition) is 1. The first kappa shape index (κ1) is 17.1. The minimum Gasteiger partial charge on any atom is -0.481 e. The van der Waals surface area contributed by atoms with Gasteiger partial charge in [0, 0.05) is 6.54 Å². The molecule has 2 aromatic rings. The summed E-state index contributed by atoms with van der Waals surface area (Å²) in [6.07, 6.45) is 1.40. The Labute approximate surface area is 138 Å². The second-order valence-electron chi connectivity index (χ2n) is 5.91. The van der Waals surface area contributed by atoms with Gasteiger partial charge < -0.3 is 10.1 Å². The molecule has 2 aromatic carbocycles. The average Bonchev–Trinajstić information content (AvgIpc) is 2.53. The van der Waals surface area contributed by atoms with Gasteiger partial charge in [0.2, 0.25) is 0 Å². The minimum absolute atomic E-state index is 0.0718. The first-order valence-corrected chi connectivity index (χ1v) is 8.12. The molecule has 0 unspecified atom stereocenters. The van der Waals surface area contributed by atoms with Crippen LogP contribution in [0, 0.1) is 13.8 Å². The highest BCUT2D eigenvalue weighted by Gasteiger charge is 2.14. The summed E-state index contributed by atoms with van der Waals surface area (Å²) in [7, 11) is 0. The van der Waals surface area contributed by atoms with E-state index in [9.17, 15) is 4.79 Å². The predicted molar refractivity (Wildman–Crippen MR) is 93.8 cm³/mol. The van der Waals surface area contributed by atoms with Gasteiger partial charge in [-0.2, -0.15) is 0 Å². The van der Waals surface area contributed by atoms with Gasteiger partial charge in [0.05, 0.1) is 0 Å². The maximum atomic E-state index is 12.1. The van der Waals surface area contributed by atoms with Crippen molar-refractivity contribution in [1.29, 1.82) is 0 Å². The molecule has 2 rings (SSSR count). The summed E-state index contributed by atoms with van der Waals surface area (Å²) in [6.45, 7) is 6.51. The summed E-state index contributed by atoms with van der Waals surface area (Å²) in [4.78, 5) is 12.1. The number of rotatable bonds is 7. The van der Waals surface area contributed by atoms with Crippen molar-refractivity contribution in [2.75, 3.05) is 6.54 Å². The molecule has 0 spiro atoms. The average molecular weight is 311 g/mol. The van der Waals surface area contributed by atoms with Gasteiger partial charge in [-0.05, 0) is 50.8 Å². The quantitative estimate of drug-likeness (QED) is 0.789. The van der Waals surface area contributed by atoms with E-state index in [1.54, 1.807) is 6.92 Å². The highest BCUT2D eigenvalue weighted by molar-refractivity contribution is 5.80. The molecule has 1 N–H and O–H groups in total. The Balaban J connectivity index is 1.73. The molecular formula is C20H25NO2. The van der Waals surface area contributed by atoms with Crippen LogP contribution in [0.15, 0.2) is 48.5 Å². The molecule has 1 amide bonds. The lowest BCUT2D eigenvalue weighted by Crippen LogP contribution is -2.37. The summed E-state index contributed by atoms with van der Waals surface area (Å²) in [6, 6.07) is 16.2. The van der Waals surface area contributed by atoms with Gasteiger partial charge in [-0.25, -0.2) is 0 Å². The summed E-state index contributed by atoms with van der Waals surface area (Å²) in [5.41, 5.74) is 3.61. The molecule has 0 fully saturated rings. The van der Waals surface area contributed by atoms with Crippen molar-refractivity contribution in [3.8, 4) is 5.75 Å². The number of benzene rings is 2. The SMILES string of the molecule is Cc1cccc(CCCNC(=O)[C@@H](C)Oc2ccccc2C)c1. The van der Waals surface area contributed by atoms with Crippen LogP contribution in [0.2, 0.25) is 0 Å². The molecule has 122 valence electrons. The van der Waals surface area contributed by atoms with E-state index in [4.69, 9.17) is 4.74 Å². The third-order valence-corrected chi connectivity index (χ3v) is 3.79. The van der Waals surface area contributed by atoms with Crippen molar-refractivity contribution < 1.29 is 9.53 Å². The Morgan fingerprint density at radius 3 is 2.65 bits per heavy atom. The molecule has 3 nitrogen and oxygen atoms in total. The van der Waals surface area contributed by atoms with Crippen LogP contribution in [0.4, 0.5) is 0 Å². The largest absolute Gasteiger partial charge is 0.481 e. The van der Waals surface area contributed by atoms with Gasteiger partial charge >= 0.3 is 0 Å². The fourth-order valence-electron chi connectivity index (χ4n) is 2.45. The number of hydrogen-bond acceptors (Lipinski definition) is 2. The van der Waals surface area contributed by atoms with Crippen LogP contribution in [0.5, 0.6) is 5.75 Å². The maximum Gasteiger partial charge on any atom is 0.260 e. The second-order valence-corrected chi connectivity index (χ2v) is 5.91. The molecule has 23 heavy (non-hydrogen) atoms. The normalized spacial score (nSPS) is 11.8. The van der Waals surface area contributed by atoms with Gasteiger partial charge in [-0.15, -0.1) is 0 Å². The Hall–Kier alpha value is -2.29. The molecule has 0 aliphatic heterocycles. The summed E-state index contributed by atoms with van der Waals surface area (Å²) < 4.78 is 5.73. The van der Waals surface area contributed by atoms with E-state index in [1.807, 2.05) is 31.2 Å². The number of carbonyl (C=O) groups excluding carboxylic acids is 1. The number of aryl methyl sites for hydroxylation is 3. The highest BCUT2D eigenvalue weighted by Crippen LogP contribution is 2.17. The maximum absolute atomic E-state index is 12.1. The lowest BCUT2D eigenvalue weighted by atomic mass is 10.1. The van der Waals surface area contributed by atoms with Crippen molar-refractivity contribution >= 4 is 5.91 Å². The van der Waals surface area contributed by atoms with Crippen LogP contribution < -0.4 is 10.1 Å². The zero-order chi connectivity index (χ0) is 16.7. The molecule has 1 atom stereocenters. The number of nitrogens with one attached hydrogen (secondary N) is 1. The summed E-state index contributed by atoms with van der Waals surface area (Å²) in [5.74, 6) is 0.687. The smallest absolute Gasteiger partial charge is 0.260 e. The first-order valence-electron chi connectivity index (χ1n) is 8.12. The van der Waals surface area contributed by atoms with Crippen LogP contribution in [0.1, 0.15) is 30.0 Å². The van der Waals surface area contributed by atoms with E-state index in [0.29, 0.717) is 6.54 Å². The van der Waals surface area contributed by atoms with Crippen LogP contribution in [-0.2, 0) is 11.2 Å². The fraction of sp³-hybridized carbons (Fsp3) is 0.350. The van der Waals surface area contributed by atoms with Crippen LogP contribution in [-0.4, -0.2) is 18.6 Å². The van der Waals surface area contributed by atoms with Crippen molar-refractivity contribution in [2.45, 2.75) is 39.7 Å². The Bertz CT molecular complexity index is 652. The van der Waals surface area contributed by atoms with E-state index in [2.05, 4.69) is 36.5 Å². The van der Waals surface area contributed by atoms with Crippen molar-refractivity contribution in [3.63, 3.8) is 0 Å². The standard InChI is InChI=1S/C20H25NO2/c1-15-8-6-10-18(14-15)11-7-13-21-20(22)17(3)23-19-12-5-4-9-16(19)2/h4-6,8-10,12,14,17H,7,11,13H2,1-3H3,(H,21,22)/t17-/m1/s1. The van der Waals surface area contributed by atoms with E-state index in [-0.39, 0.29) is 5.91 Å². The van der Waals surface area contributed by atoms with Crippen LogP contribution >= 0.6 is 0 Å². The zero-order valence-electron chi connectivity index (χ0n) is 14.1. The molecule has 0 bridgehead atoms. The Morgan fingerprint density at radius 1 is 1.13 bits per heavy atom. The third kappa shape index (κ3) is 5.44. The molecule has 0 saturated carbocycles. The van der Waals surface area contributed by atoms with Gasteiger partial charge in [0.25, 0.3) is 5.91 Å². The van der Waals surface area contributed by atoms with Gasteiger partial charge in [0.15, 0.2) is 6.10 Å². The zero-order valence-corrected chi connectivity index (χ0v) is 14.1. The van der Waals surface area contributed by atoms with Gasteiger partial charge in [0.1, 0.15) is 5.75 Å². The minimum atomic E-state index is -0.491. The van der Waals surface area contributed by atoms with Crippen LogP contribution in [0.25, 0.3) is 0 Å². The van der Waals surface area contributed by atoms with E-state index in [1.165, 1.54) is 11.1 Å². The molecule has 3 heteroatoms. The molecule has 0 radical (unpaired) electrons. The van der Waals surface area contributed by atoms with Gasteiger partial charge in [-0.3, -0.25) is 4.79 Å². The number of amides is 1. The molecule has 0 heterocycles. The number of carbonyl (C=O) groups is 1. The number of para-hydroxylation sites is 1. The second kappa shape index (κ2) is 8.37. The van der Waals surface area contributed by atoms with Crippen molar-refractivity contribution in [3.05, 3.63) is 65.2 Å².